The summed E-state index contributed by atoms with van der Waals surface area (Å²) in [5.41, 5.74) is 0. The number of ether oxygens (including phenoxy) is 1. The molecular formula is C11H12O. The molecule has 0 N–H and O–H groups in total. The molecule has 12 heavy (non-hydrogen) atoms. The van der Waals surface area contributed by atoms with Gasteiger partial charge in [0.05, 0.1) is 7.11 Å². The van der Waals surface area contributed by atoms with Crippen molar-refractivity contribution in [1.82, 2.24) is 0 Å². The average Bonchev–Trinajstić information content (AvgIpc) is 2.10. The first-order chi connectivity index (χ1) is 5.79. The highest BCUT2D eigenvalue weighted by Gasteiger charge is 1.90. The molecule has 0 bridgehead atoms. The highest BCUT2D eigenvalue weighted by Crippen LogP contribution is 1.91. The van der Waals surface area contributed by atoms with Crippen LogP contribution in [0.4, 0.5) is 0 Å². The van der Waals surface area contributed by atoms with Gasteiger partial charge in [0.25, 0.3) is 0 Å². The SMILES string of the molecule is C=C/C(OC)=c1/ccccc1=C. The fourth-order valence-corrected chi connectivity index (χ4v) is 1.06. The molecule has 0 amide bonds. The van der Waals surface area contributed by atoms with Crippen LogP contribution in [0.3, 0.4) is 0 Å². The molecule has 0 spiro atoms. The third-order valence-electron chi connectivity index (χ3n) is 1.69. The average molecular weight is 160 g/mol. The molecular weight excluding hydrogens is 148 g/mol. The van der Waals surface area contributed by atoms with Gasteiger partial charge >= 0.3 is 0 Å². The van der Waals surface area contributed by atoms with Crippen LogP contribution in [-0.2, 0) is 4.74 Å². The van der Waals surface area contributed by atoms with E-state index in [9.17, 15) is 0 Å². The van der Waals surface area contributed by atoms with E-state index in [1.807, 2.05) is 24.3 Å². The minimum absolute atomic E-state index is 0.764. The van der Waals surface area contributed by atoms with Crippen molar-refractivity contribution in [2.24, 2.45) is 0 Å². The van der Waals surface area contributed by atoms with Crippen molar-refractivity contribution in [3.63, 3.8) is 0 Å². The van der Waals surface area contributed by atoms with Crippen LogP contribution in [0, 0.1) is 0 Å². The predicted octanol–water partition coefficient (Wildman–Crippen LogP) is 1.04. The third-order valence-corrected chi connectivity index (χ3v) is 1.69. The van der Waals surface area contributed by atoms with Gasteiger partial charge in [0.15, 0.2) is 0 Å². The predicted molar refractivity (Wildman–Crippen MR) is 51.8 cm³/mol. The van der Waals surface area contributed by atoms with Crippen LogP contribution in [0.15, 0.2) is 36.9 Å². The van der Waals surface area contributed by atoms with Crippen LogP contribution in [0.1, 0.15) is 0 Å². The van der Waals surface area contributed by atoms with Gasteiger partial charge in [-0.05, 0) is 11.3 Å². The lowest BCUT2D eigenvalue weighted by Crippen LogP contribution is -2.24. The van der Waals surface area contributed by atoms with E-state index in [1.165, 1.54) is 0 Å². The fourth-order valence-electron chi connectivity index (χ4n) is 1.06. The summed E-state index contributed by atoms with van der Waals surface area (Å²) in [7, 11) is 1.63. The number of benzene rings is 1. The van der Waals surface area contributed by atoms with Crippen LogP contribution in [0.25, 0.3) is 12.3 Å². The quantitative estimate of drug-likeness (QED) is 0.628. The Morgan fingerprint density at radius 3 is 2.58 bits per heavy atom. The maximum atomic E-state index is 5.12. The Kier molecular flexibility index (Phi) is 2.70. The lowest BCUT2D eigenvalue weighted by atomic mass is 10.2. The highest BCUT2D eigenvalue weighted by atomic mass is 16.5. The summed E-state index contributed by atoms with van der Waals surface area (Å²) in [4.78, 5) is 0. The molecule has 1 aromatic carbocycles. The summed E-state index contributed by atoms with van der Waals surface area (Å²) in [5.74, 6) is 0.764. The van der Waals surface area contributed by atoms with Crippen molar-refractivity contribution in [1.29, 1.82) is 0 Å². The normalized spacial score (nSPS) is 12.1. The lowest BCUT2D eigenvalue weighted by Gasteiger charge is -1.98. The summed E-state index contributed by atoms with van der Waals surface area (Å²) < 4.78 is 5.12. The topological polar surface area (TPSA) is 9.23 Å². The van der Waals surface area contributed by atoms with Gasteiger partial charge < -0.3 is 4.74 Å². The van der Waals surface area contributed by atoms with Crippen molar-refractivity contribution in [2.75, 3.05) is 7.11 Å². The Hall–Kier alpha value is -1.50. The van der Waals surface area contributed by atoms with E-state index in [1.54, 1.807) is 13.2 Å². The number of methoxy groups -OCH3 is 1. The molecule has 0 aliphatic heterocycles. The second kappa shape index (κ2) is 3.77. The van der Waals surface area contributed by atoms with Gasteiger partial charge in [0.1, 0.15) is 5.76 Å². The van der Waals surface area contributed by atoms with Gasteiger partial charge in [0.2, 0.25) is 0 Å². The standard InChI is InChI=1S/C11H12O/c1-4-11(12-3)10-8-6-5-7-9(10)2/h4-8H,1-2H2,3H3/b11-10+. The first-order valence-corrected chi connectivity index (χ1v) is 3.74. The summed E-state index contributed by atoms with van der Waals surface area (Å²) >= 11 is 0. The zero-order valence-electron chi connectivity index (χ0n) is 7.21. The van der Waals surface area contributed by atoms with Gasteiger partial charge in [-0.3, -0.25) is 0 Å². The van der Waals surface area contributed by atoms with Crippen LogP contribution < -0.4 is 10.4 Å². The smallest absolute Gasteiger partial charge is 0.126 e. The Labute approximate surface area is 72.3 Å². The largest absolute Gasteiger partial charge is 0.496 e. The minimum atomic E-state index is 0.764. The minimum Gasteiger partial charge on any atom is -0.496 e. The maximum absolute atomic E-state index is 5.12. The first kappa shape index (κ1) is 8.60. The van der Waals surface area contributed by atoms with E-state index in [0.717, 1.165) is 16.2 Å². The van der Waals surface area contributed by atoms with Crippen LogP contribution in [-0.4, -0.2) is 7.11 Å². The summed E-state index contributed by atoms with van der Waals surface area (Å²) in [5, 5.41) is 1.95. The Balaban J connectivity index is 3.53. The molecule has 0 atom stereocenters. The van der Waals surface area contributed by atoms with E-state index in [4.69, 9.17) is 4.74 Å². The highest BCUT2D eigenvalue weighted by molar-refractivity contribution is 5.48. The molecule has 0 unspecified atom stereocenters. The summed E-state index contributed by atoms with van der Waals surface area (Å²) in [6.07, 6.45) is 1.68. The lowest BCUT2D eigenvalue weighted by molar-refractivity contribution is 0.370. The number of hydrogen-bond donors (Lipinski definition) is 0. The molecule has 1 heteroatoms. The monoisotopic (exact) mass is 160 g/mol. The fraction of sp³-hybridized carbons (Fsp3) is 0.0909. The molecule has 0 heterocycles. The molecule has 1 nitrogen and oxygen atoms in total. The molecule has 0 aromatic heterocycles. The zero-order chi connectivity index (χ0) is 8.97. The molecule has 0 saturated carbocycles. The van der Waals surface area contributed by atoms with Crippen LogP contribution >= 0.6 is 0 Å². The first-order valence-electron chi connectivity index (χ1n) is 3.74. The van der Waals surface area contributed by atoms with Crippen LogP contribution in [0.5, 0.6) is 0 Å². The molecule has 0 saturated heterocycles. The summed E-state index contributed by atoms with van der Waals surface area (Å²) in [6, 6.07) is 7.80. The maximum Gasteiger partial charge on any atom is 0.126 e. The van der Waals surface area contributed by atoms with Crippen molar-refractivity contribution < 1.29 is 4.74 Å². The zero-order valence-corrected chi connectivity index (χ0v) is 7.21. The van der Waals surface area contributed by atoms with Crippen molar-refractivity contribution in [2.45, 2.75) is 0 Å². The molecule has 0 fully saturated rings. The molecule has 1 rings (SSSR count). The van der Waals surface area contributed by atoms with Crippen molar-refractivity contribution in [3.05, 3.63) is 47.4 Å². The van der Waals surface area contributed by atoms with Gasteiger partial charge in [-0.1, -0.05) is 37.4 Å². The Bertz CT molecular complexity index is 376. The van der Waals surface area contributed by atoms with E-state index < -0.39 is 0 Å². The number of hydrogen-bond acceptors (Lipinski definition) is 1. The second-order valence-corrected chi connectivity index (χ2v) is 2.43. The molecule has 0 radical (unpaired) electrons. The molecule has 0 aliphatic rings. The van der Waals surface area contributed by atoms with E-state index in [-0.39, 0.29) is 0 Å². The van der Waals surface area contributed by atoms with Gasteiger partial charge in [-0.2, -0.15) is 0 Å². The molecule has 0 aliphatic carbocycles. The second-order valence-electron chi connectivity index (χ2n) is 2.43. The van der Waals surface area contributed by atoms with Crippen molar-refractivity contribution in [3.8, 4) is 0 Å². The third kappa shape index (κ3) is 1.56. The number of rotatable bonds is 2. The van der Waals surface area contributed by atoms with E-state index in [0.29, 0.717) is 0 Å². The Morgan fingerprint density at radius 2 is 2.08 bits per heavy atom. The van der Waals surface area contributed by atoms with Gasteiger partial charge in [0, 0.05) is 5.22 Å². The van der Waals surface area contributed by atoms with Crippen LogP contribution in [0.2, 0.25) is 0 Å². The van der Waals surface area contributed by atoms with Crippen molar-refractivity contribution >= 4 is 12.3 Å². The van der Waals surface area contributed by atoms with E-state index in [2.05, 4.69) is 13.2 Å². The Morgan fingerprint density at radius 1 is 1.42 bits per heavy atom. The molecule has 62 valence electrons. The van der Waals surface area contributed by atoms with Gasteiger partial charge in [-0.25, -0.2) is 0 Å². The summed E-state index contributed by atoms with van der Waals surface area (Å²) in [6.45, 7) is 7.55. The van der Waals surface area contributed by atoms with Gasteiger partial charge in [-0.15, -0.1) is 0 Å². The molecule has 1 aromatic rings. The van der Waals surface area contributed by atoms with E-state index >= 15 is 0 Å².